The number of rotatable bonds is 7. The summed E-state index contributed by atoms with van der Waals surface area (Å²) in [5, 5.41) is 19.3. The standard InChI is InChI=1S/C16H18O4/c17-15(11-13-7-3-1-4-8-13)19-20-16(18)12-14-9-5-2-6-10-14/h1-10,15-18H,11-12H2. The molecule has 0 aromatic heterocycles. The molecule has 2 unspecified atom stereocenters. The predicted molar refractivity (Wildman–Crippen MR) is 74.5 cm³/mol. The monoisotopic (exact) mass is 274 g/mol. The van der Waals surface area contributed by atoms with E-state index in [-0.39, 0.29) is 0 Å². The molecule has 106 valence electrons. The van der Waals surface area contributed by atoms with Gasteiger partial charge in [-0.3, -0.25) is 0 Å². The molecule has 0 spiro atoms. The highest BCUT2D eigenvalue weighted by Crippen LogP contribution is 2.08. The summed E-state index contributed by atoms with van der Waals surface area (Å²) in [4.78, 5) is 9.57. The van der Waals surface area contributed by atoms with Crippen molar-refractivity contribution in [2.45, 2.75) is 25.4 Å². The van der Waals surface area contributed by atoms with E-state index < -0.39 is 12.6 Å². The van der Waals surface area contributed by atoms with E-state index in [9.17, 15) is 10.2 Å². The molecule has 0 bridgehead atoms. The van der Waals surface area contributed by atoms with Gasteiger partial charge in [0.1, 0.15) is 0 Å². The van der Waals surface area contributed by atoms with Crippen LogP contribution in [-0.2, 0) is 22.6 Å². The van der Waals surface area contributed by atoms with Crippen molar-refractivity contribution in [1.29, 1.82) is 0 Å². The molecule has 2 aromatic rings. The molecule has 2 atom stereocenters. The molecule has 2 rings (SSSR count). The van der Waals surface area contributed by atoms with E-state index in [4.69, 9.17) is 9.78 Å². The van der Waals surface area contributed by atoms with Crippen molar-refractivity contribution < 1.29 is 20.0 Å². The highest BCUT2D eigenvalue weighted by molar-refractivity contribution is 5.15. The summed E-state index contributed by atoms with van der Waals surface area (Å²) >= 11 is 0. The van der Waals surface area contributed by atoms with Gasteiger partial charge in [0.05, 0.1) is 0 Å². The van der Waals surface area contributed by atoms with Crippen LogP contribution in [0.1, 0.15) is 11.1 Å². The van der Waals surface area contributed by atoms with Crippen LogP contribution in [0.2, 0.25) is 0 Å². The maximum atomic E-state index is 9.66. The zero-order valence-corrected chi connectivity index (χ0v) is 11.1. The fourth-order valence-corrected chi connectivity index (χ4v) is 1.83. The first-order valence-corrected chi connectivity index (χ1v) is 6.50. The SMILES string of the molecule is OC(Cc1ccccc1)OOC(O)Cc1ccccc1. The highest BCUT2D eigenvalue weighted by Gasteiger charge is 2.11. The Bertz CT molecular complexity index is 439. The van der Waals surface area contributed by atoms with Crippen molar-refractivity contribution in [3.05, 3.63) is 71.8 Å². The van der Waals surface area contributed by atoms with E-state index in [2.05, 4.69) is 0 Å². The Balaban J connectivity index is 1.71. The number of hydrogen-bond donors (Lipinski definition) is 2. The lowest BCUT2D eigenvalue weighted by Crippen LogP contribution is -2.22. The van der Waals surface area contributed by atoms with Crippen LogP contribution in [0.25, 0.3) is 0 Å². The van der Waals surface area contributed by atoms with Crippen LogP contribution >= 0.6 is 0 Å². The van der Waals surface area contributed by atoms with E-state index in [1.54, 1.807) is 0 Å². The average molecular weight is 274 g/mol. The molecule has 0 saturated carbocycles. The minimum Gasteiger partial charge on any atom is -0.365 e. The molecule has 0 heterocycles. The Kier molecular flexibility index (Phi) is 5.70. The second kappa shape index (κ2) is 7.77. The Morgan fingerprint density at radius 2 is 1.00 bits per heavy atom. The third-order valence-corrected chi connectivity index (χ3v) is 2.78. The van der Waals surface area contributed by atoms with Crippen molar-refractivity contribution in [3.63, 3.8) is 0 Å². The molecule has 0 radical (unpaired) electrons. The lowest BCUT2D eigenvalue weighted by molar-refractivity contribution is -0.422. The average Bonchev–Trinajstić information content (AvgIpc) is 2.47. The van der Waals surface area contributed by atoms with Gasteiger partial charge in [0, 0.05) is 12.8 Å². The topological polar surface area (TPSA) is 58.9 Å². The third-order valence-electron chi connectivity index (χ3n) is 2.78. The Hall–Kier alpha value is -1.72. The molecule has 0 fully saturated rings. The van der Waals surface area contributed by atoms with Gasteiger partial charge in [0.25, 0.3) is 0 Å². The molecule has 2 aromatic carbocycles. The van der Waals surface area contributed by atoms with E-state index >= 15 is 0 Å². The summed E-state index contributed by atoms with van der Waals surface area (Å²) in [7, 11) is 0. The fraction of sp³-hybridized carbons (Fsp3) is 0.250. The van der Waals surface area contributed by atoms with Crippen LogP contribution in [0.4, 0.5) is 0 Å². The second-order valence-corrected chi connectivity index (χ2v) is 4.48. The largest absolute Gasteiger partial charge is 0.365 e. The number of aliphatic hydroxyl groups is 2. The number of aliphatic hydroxyl groups excluding tert-OH is 2. The molecule has 0 amide bonds. The first kappa shape index (κ1) is 14.7. The summed E-state index contributed by atoms with van der Waals surface area (Å²) in [5.41, 5.74) is 1.86. The van der Waals surface area contributed by atoms with Gasteiger partial charge in [-0.15, -0.1) is 0 Å². The molecule has 0 saturated heterocycles. The van der Waals surface area contributed by atoms with Gasteiger partial charge in [-0.05, 0) is 11.1 Å². The van der Waals surface area contributed by atoms with Gasteiger partial charge >= 0.3 is 0 Å². The zero-order chi connectivity index (χ0) is 14.2. The van der Waals surface area contributed by atoms with Crippen LogP contribution < -0.4 is 0 Å². The van der Waals surface area contributed by atoms with Crippen molar-refractivity contribution >= 4 is 0 Å². The Morgan fingerprint density at radius 3 is 1.35 bits per heavy atom. The summed E-state index contributed by atoms with van der Waals surface area (Å²) in [6, 6.07) is 18.9. The van der Waals surface area contributed by atoms with Crippen molar-refractivity contribution in [1.82, 2.24) is 0 Å². The van der Waals surface area contributed by atoms with Gasteiger partial charge in [-0.25, -0.2) is 9.78 Å². The molecule has 2 N–H and O–H groups in total. The summed E-state index contributed by atoms with van der Waals surface area (Å²) < 4.78 is 0. The maximum absolute atomic E-state index is 9.66. The van der Waals surface area contributed by atoms with Crippen molar-refractivity contribution in [2.24, 2.45) is 0 Å². The van der Waals surface area contributed by atoms with Gasteiger partial charge in [0.2, 0.25) is 0 Å². The van der Waals surface area contributed by atoms with E-state index in [0.29, 0.717) is 12.8 Å². The molecule has 4 heteroatoms. The van der Waals surface area contributed by atoms with Gasteiger partial charge in [-0.2, -0.15) is 0 Å². The number of benzene rings is 2. The van der Waals surface area contributed by atoms with Gasteiger partial charge in [-0.1, -0.05) is 60.7 Å². The molecular formula is C16H18O4. The molecule has 0 aliphatic heterocycles. The molecule has 0 aliphatic rings. The van der Waals surface area contributed by atoms with Crippen LogP contribution in [-0.4, -0.2) is 22.8 Å². The highest BCUT2D eigenvalue weighted by atomic mass is 17.2. The van der Waals surface area contributed by atoms with Gasteiger partial charge in [0.15, 0.2) is 12.6 Å². The lowest BCUT2D eigenvalue weighted by atomic mass is 10.1. The second-order valence-electron chi connectivity index (χ2n) is 4.48. The molecular weight excluding hydrogens is 256 g/mol. The maximum Gasteiger partial charge on any atom is 0.192 e. The van der Waals surface area contributed by atoms with Crippen LogP contribution in [0.15, 0.2) is 60.7 Å². The first-order valence-electron chi connectivity index (χ1n) is 6.50. The predicted octanol–water partition coefficient (Wildman–Crippen LogP) is 2.06. The normalized spacial score (nSPS) is 13.9. The van der Waals surface area contributed by atoms with Crippen molar-refractivity contribution in [3.8, 4) is 0 Å². The first-order chi connectivity index (χ1) is 9.74. The third kappa shape index (κ3) is 5.11. The molecule has 0 aliphatic carbocycles. The quantitative estimate of drug-likeness (QED) is 0.461. The fourth-order valence-electron chi connectivity index (χ4n) is 1.83. The number of hydrogen-bond acceptors (Lipinski definition) is 4. The van der Waals surface area contributed by atoms with Crippen molar-refractivity contribution in [2.75, 3.05) is 0 Å². The molecule has 20 heavy (non-hydrogen) atoms. The summed E-state index contributed by atoms with van der Waals surface area (Å²) in [5.74, 6) is 0. The summed E-state index contributed by atoms with van der Waals surface area (Å²) in [6.45, 7) is 0. The van der Waals surface area contributed by atoms with E-state index in [0.717, 1.165) is 11.1 Å². The minimum absolute atomic E-state index is 0.304. The summed E-state index contributed by atoms with van der Waals surface area (Å²) in [6.07, 6.45) is -1.61. The van der Waals surface area contributed by atoms with Crippen LogP contribution in [0, 0.1) is 0 Å². The Morgan fingerprint density at radius 1 is 0.650 bits per heavy atom. The van der Waals surface area contributed by atoms with Crippen LogP contribution in [0.5, 0.6) is 0 Å². The smallest absolute Gasteiger partial charge is 0.192 e. The zero-order valence-electron chi connectivity index (χ0n) is 11.1. The van der Waals surface area contributed by atoms with Gasteiger partial charge < -0.3 is 10.2 Å². The van der Waals surface area contributed by atoms with E-state index in [1.165, 1.54) is 0 Å². The van der Waals surface area contributed by atoms with Crippen LogP contribution in [0.3, 0.4) is 0 Å². The lowest BCUT2D eigenvalue weighted by Gasteiger charge is -2.14. The Labute approximate surface area is 118 Å². The van der Waals surface area contributed by atoms with E-state index in [1.807, 2.05) is 60.7 Å². The molecule has 4 nitrogen and oxygen atoms in total. The minimum atomic E-state index is -1.11.